The molecule has 0 aromatic heterocycles. The fourth-order valence-corrected chi connectivity index (χ4v) is 5.86. The van der Waals surface area contributed by atoms with Crippen molar-refractivity contribution in [3.63, 3.8) is 0 Å². The molecule has 5 N–H and O–H groups in total. The van der Waals surface area contributed by atoms with Crippen molar-refractivity contribution < 1.29 is 28.4 Å². The molecule has 0 aliphatic heterocycles. The van der Waals surface area contributed by atoms with E-state index in [0.717, 1.165) is 83.5 Å². The minimum atomic E-state index is -4.33. The van der Waals surface area contributed by atoms with E-state index in [9.17, 15) is 19.4 Å². The van der Waals surface area contributed by atoms with Gasteiger partial charge in [-0.3, -0.25) is 13.8 Å². The van der Waals surface area contributed by atoms with Gasteiger partial charge in [-0.2, -0.15) is 0 Å². The quantitative estimate of drug-likeness (QED) is 0.0291. The van der Waals surface area contributed by atoms with E-state index >= 15 is 0 Å². The number of amides is 1. The number of rotatable bonds is 35. The highest BCUT2D eigenvalue weighted by Gasteiger charge is 2.26. The molecule has 0 saturated carbocycles. The number of nitrogens with two attached hydrogens (primary N) is 1. The lowest BCUT2D eigenvalue weighted by molar-refractivity contribution is -0.123. The van der Waals surface area contributed by atoms with Gasteiger partial charge in [0.2, 0.25) is 5.91 Å². The Bertz CT molecular complexity index is 1010. The van der Waals surface area contributed by atoms with Gasteiger partial charge in [0.05, 0.1) is 25.4 Å². The molecule has 50 heavy (non-hydrogen) atoms. The van der Waals surface area contributed by atoms with Gasteiger partial charge in [-0.05, 0) is 64.2 Å². The molecule has 3 atom stereocenters. The average Bonchev–Trinajstić information content (AvgIpc) is 3.10. The summed E-state index contributed by atoms with van der Waals surface area (Å²) >= 11 is 0. The van der Waals surface area contributed by atoms with Gasteiger partial charge in [0.15, 0.2) is 0 Å². The maximum absolute atomic E-state index is 12.7. The van der Waals surface area contributed by atoms with Crippen molar-refractivity contribution in [3.8, 4) is 0 Å². The second kappa shape index (κ2) is 36.7. The number of hydrogen-bond acceptors (Lipinski definition) is 6. The van der Waals surface area contributed by atoms with Crippen molar-refractivity contribution in [2.45, 2.75) is 161 Å². The molecule has 0 spiro atoms. The van der Waals surface area contributed by atoms with E-state index in [0.29, 0.717) is 6.42 Å². The van der Waals surface area contributed by atoms with Gasteiger partial charge >= 0.3 is 7.82 Å². The molecular formula is C41H73N2O6P. The third kappa shape index (κ3) is 34.4. The Balaban J connectivity index is 4.16. The van der Waals surface area contributed by atoms with Crippen molar-refractivity contribution in [3.05, 3.63) is 72.9 Å². The molecule has 0 rings (SSSR count). The zero-order chi connectivity index (χ0) is 36.8. The van der Waals surface area contributed by atoms with E-state index in [1.807, 2.05) is 6.08 Å². The Hall–Kier alpha value is -2.06. The van der Waals surface area contributed by atoms with E-state index in [4.69, 9.17) is 14.8 Å². The lowest BCUT2D eigenvalue weighted by Crippen LogP contribution is -2.45. The molecule has 0 aliphatic rings. The summed E-state index contributed by atoms with van der Waals surface area (Å²) in [6, 6.07) is -0.867. The molecule has 1 amide bonds. The maximum Gasteiger partial charge on any atom is 0.472 e. The van der Waals surface area contributed by atoms with Crippen molar-refractivity contribution in [1.82, 2.24) is 5.32 Å². The number of allylic oxidation sites excluding steroid dienone is 11. The van der Waals surface area contributed by atoms with E-state index in [1.54, 1.807) is 6.08 Å². The highest BCUT2D eigenvalue weighted by Crippen LogP contribution is 2.43. The Labute approximate surface area is 306 Å². The van der Waals surface area contributed by atoms with Crippen molar-refractivity contribution >= 4 is 13.7 Å². The molecule has 0 heterocycles. The van der Waals surface area contributed by atoms with Crippen molar-refractivity contribution in [2.75, 3.05) is 19.8 Å². The third-order valence-electron chi connectivity index (χ3n) is 8.04. The molecule has 0 bridgehead atoms. The summed E-state index contributed by atoms with van der Waals surface area (Å²) in [6.07, 6.45) is 46.7. The van der Waals surface area contributed by atoms with Crippen LogP contribution in [0, 0.1) is 0 Å². The van der Waals surface area contributed by atoms with Crippen LogP contribution < -0.4 is 11.1 Å². The molecular weight excluding hydrogens is 647 g/mol. The molecule has 8 nitrogen and oxygen atoms in total. The van der Waals surface area contributed by atoms with Crippen LogP contribution in [-0.4, -0.2) is 47.8 Å². The van der Waals surface area contributed by atoms with Gasteiger partial charge in [-0.25, -0.2) is 4.57 Å². The highest BCUT2D eigenvalue weighted by atomic mass is 31.2. The minimum Gasteiger partial charge on any atom is -0.387 e. The Morgan fingerprint density at radius 3 is 1.70 bits per heavy atom. The van der Waals surface area contributed by atoms with Crippen LogP contribution in [-0.2, 0) is 18.4 Å². The van der Waals surface area contributed by atoms with Crippen LogP contribution in [0.1, 0.15) is 149 Å². The van der Waals surface area contributed by atoms with E-state index in [2.05, 4.69) is 79.9 Å². The topological polar surface area (TPSA) is 131 Å². The monoisotopic (exact) mass is 721 g/mol. The Morgan fingerprint density at radius 2 is 1.16 bits per heavy atom. The highest BCUT2D eigenvalue weighted by molar-refractivity contribution is 7.47. The number of hydrogen-bond donors (Lipinski definition) is 4. The number of nitrogens with one attached hydrogen (secondary N) is 1. The van der Waals surface area contributed by atoms with Gasteiger partial charge in [0.1, 0.15) is 0 Å². The molecule has 9 heteroatoms. The molecule has 0 aromatic carbocycles. The van der Waals surface area contributed by atoms with Gasteiger partial charge in [0.25, 0.3) is 0 Å². The molecule has 0 aromatic rings. The predicted octanol–water partition coefficient (Wildman–Crippen LogP) is 10.5. The number of phosphoric acid groups is 1. The molecule has 0 fully saturated rings. The normalized spacial score (nSPS) is 15.1. The van der Waals surface area contributed by atoms with Gasteiger partial charge in [-0.1, -0.05) is 151 Å². The Kier molecular flexibility index (Phi) is 35.2. The summed E-state index contributed by atoms with van der Waals surface area (Å²) < 4.78 is 22.0. The lowest BCUT2D eigenvalue weighted by atomic mass is 10.1. The SMILES string of the molecule is CC/C=C\C/C=C\C/C=C\C/C=C\C/C=C\CCCCCCCCCC(=O)NC(COP(=O)(O)OCCN)C(O)/C=C/CCCCCCCC. The number of aliphatic hydroxyl groups excluding tert-OH is 1. The van der Waals surface area contributed by atoms with Gasteiger partial charge < -0.3 is 21.1 Å². The maximum atomic E-state index is 12.7. The summed E-state index contributed by atoms with van der Waals surface area (Å²) in [5, 5.41) is 13.5. The molecule has 0 saturated heterocycles. The first-order valence-corrected chi connectivity index (χ1v) is 21.1. The standard InChI is InChI=1S/C41H73N2O6P/c1-3-5-7-9-11-13-14-15-16-17-18-19-20-21-22-23-24-25-26-27-29-31-33-35-41(45)43-39(38-49-50(46,47)48-37-36-42)40(44)34-32-30-28-12-10-8-6-4-2/h5,7,11,13,15-16,18-19,21-22,32,34,39-40,44H,3-4,6,8-10,12,14,17,20,23-31,33,35-38,42H2,1-2H3,(H,43,45)(H,46,47)/b7-5-,13-11-,16-15-,19-18-,22-21-,34-32+. The summed E-state index contributed by atoms with van der Waals surface area (Å²) in [6.45, 7) is 3.94. The second-order valence-electron chi connectivity index (χ2n) is 12.8. The number of phosphoric ester groups is 1. The molecule has 0 aliphatic carbocycles. The van der Waals surface area contributed by atoms with E-state index in [1.165, 1.54) is 44.9 Å². The first kappa shape index (κ1) is 47.9. The van der Waals surface area contributed by atoms with Gasteiger partial charge in [0, 0.05) is 13.0 Å². The number of carbonyl (C=O) groups is 1. The van der Waals surface area contributed by atoms with E-state index < -0.39 is 20.0 Å². The molecule has 0 radical (unpaired) electrons. The zero-order valence-electron chi connectivity index (χ0n) is 31.6. The predicted molar refractivity (Wildman–Crippen MR) is 212 cm³/mol. The van der Waals surface area contributed by atoms with Crippen LogP contribution in [0.5, 0.6) is 0 Å². The molecule has 3 unspecified atom stereocenters. The largest absolute Gasteiger partial charge is 0.472 e. The average molecular weight is 721 g/mol. The second-order valence-corrected chi connectivity index (χ2v) is 14.2. The lowest BCUT2D eigenvalue weighted by Gasteiger charge is -2.23. The minimum absolute atomic E-state index is 0.0724. The van der Waals surface area contributed by atoms with Crippen molar-refractivity contribution in [1.29, 1.82) is 0 Å². The fraction of sp³-hybridized carbons (Fsp3) is 0.683. The third-order valence-corrected chi connectivity index (χ3v) is 9.02. The summed E-state index contributed by atoms with van der Waals surface area (Å²) in [7, 11) is -4.33. The van der Waals surface area contributed by atoms with E-state index in [-0.39, 0.29) is 25.7 Å². The van der Waals surface area contributed by atoms with Gasteiger partial charge in [-0.15, -0.1) is 0 Å². The number of aliphatic hydroxyl groups is 1. The first-order chi connectivity index (χ1) is 24.4. The zero-order valence-corrected chi connectivity index (χ0v) is 32.5. The van der Waals surface area contributed by atoms with Crippen LogP contribution in [0.25, 0.3) is 0 Å². The van der Waals surface area contributed by atoms with Crippen LogP contribution in [0.15, 0.2) is 72.9 Å². The smallest absolute Gasteiger partial charge is 0.387 e. The first-order valence-electron chi connectivity index (χ1n) is 19.6. The van der Waals surface area contributed by atoms with Crippen molar-refractivity contribution in [2.24, 2.45) is 5.73 Å². The van der Waals surface area contributed by atoms with Crippen LogP contribution >= 0.6 is 7.82 Å². The van der Waals surface area contributed by atoms with Crippen LogP contribution in [0.3, 0.4) is 0 Å². The fourth-order valence-electron chi connectivity index (χ4n) is 5.10. The number of carbonyl (C=O) groups excluding carboxylic acids is 1. The summed E-state index contributed by atoms with van der Waals surface area (Å²) in [5.74, 6) is -0.213. The van der Waals surface area contributed by atoms with Crippen LogP contribution in [0.2, 0.25) is 0 Å². The molecule has 288 valence electrons. The Morgan fingerprint density at radius 1 is 0.680 bits per heavy atom. The van der Waals surface area contributed by atoms with Crippen LogP contribution in [0.4, 0.5) is 0 Å². The number of unbranched alkanes of at least 4 members (excludes halogenated alkanes) is 13. The summed E-state index contributed by atoms with van der Waals surface area (Å²) in [5.41, 5.74) is 5.34. The summed E-state index contributed by atoms with van der Waals surface area (Å²) in [4.78, 5) is 22.5.